The van der Waals surface area contributed by atoms with Crippen LogP contribution in [-0.2, 0) is 13.0 Å². The van der Waals surface area contributed by atoms with Crippen LogP contribution in [0.3, 0.4) is 0 Å². The molecular weight excluding hydrogens is 324 g/mol. The lowest BCUT2D eigenvalue weighted by Crippen LogP contribution is -2.33. The second kappa shape index (κ2) is 6.95. The maximum Gasteiger partial charge on any atom is 0.272 e. The van der Waals surface area contributed by atoms with Crippen molar-refractivity contribution in [2.45, 2.75) is 44.7 Å². The summed E-state index contributed by atoms with van der Waals surface area (Å²) in [7, 11) is 0. The zero-order valence-corrected chi connectivity index (χ0v) is 14.6. The van der Waals surface area contributed by atoms with Crippen LogP contribution in [-0.4, -0.2) is 22.6 Å². The van der Waals surface area contributed by atoms with Gasteiger partial charge < -0.3 is 10.6 Å². The van der Waals surface area contributed by atoms with Crippen molar-refractivity contribution in [3.05, 3.63) is 52.3 Å². The number of rotatable bonds is 2. The Morgan fingerprint density at radius 3 is 2.88 bits per heavy atom. The van der Waals surface area contributed by atoms with Gasteiger partial charge in [0.2, 0.25) is 0 Å². The fraction of sp³-hybridized carbons (Fsp3) is 0.444. The molecule has 0 saturated heterocycles. The summed E-state index contributed by atoms with van der Waals surface area (Å²) >= 11 is 0. The monoisotopic (exact) mass is 346 g/mol. The van der Waals surface area contributed by atoms with Crippen LogP contribution in [0, 0.1) is 0 Å². The number of carbonyl (C=O) groups is 1. The average molecular weight is 347 g/mol. The van der Waals surface area contributed by atoms with Crippen LogP contribution in [0.2, 0.25) is 0 Å². The fourth-order valence-electron chi connectivity index (χ4n) is 3.79. The van der Waals surface area contributed by atoms with Gasteiger partial charge in [-0.15, -0.1) is 12.4 Å². The van der Waals surface area contributed by atoms with E-state index >= 15 is 0 Å². The SMILES string of the molecule is CC1CCC(NC(=O)c2n[nH]c3c2CNCC3)c2ccccc21.Cl. The summed E-state index contributed by atoms with van der Waals surface area (Å²) in [6, 6.07) is 8.53. The Morgan fingerprint density at radius 2 is 2.04 bits per heavy atom. The summed E-state index contributed by atoms with van der Waals surface area (Å²) in [6.45, 7) is 3.91. The third kappa shape index (κ3) is 2.94. The Morgan fingerprint density at radius 1 is 1.25 bits per heavy atom. The molecule has 0 spiro atoms. The predicted molar refractivity (Wildman–Crippen MR) is 95.5 cm³/mol. The molecule has 2 heterocycles. The number of hydrogen-bond acceptors (Lipinski definition) is 3. The molecule has 0 saturated carbocycles. The van der Waals surface area contributed by atoms with Gasteiger partial charge in [0.05, 0.1) is 6.04 Å². The summed E-state index contributed by atoms with van der Waals surface area (Å²) in [5.74, 6) is 0.488. The second-order valence-corrected chi connectivity index (χ2v) is 6.59. The molecule has 1 amide bonds. The van der Waals surface area contributed by atoms with Crippen molar-refractivity contribution in [3.63, 3.8) is 0 Å². The third-order valence-electron chi connectivity index (χ3n) is 5.12. The molecule has 2 atom stereocenters. The number of carbonyl (C=O) groups excluding carboxylic acids is 1. The van der Waals surface area contributed by atoms with Gasteiger partial charge in [0.15, 0.2) is 5.69 Å². The predicted octanol–water partition coefficient (Wildman–Crippen LogP) is 2.85. The highest BCUT2D eigenvalue weighted by Gasteiger charge is 2.28. The topological polar surface area (TPSA) is 69.8 Å². The van der Waals surface area contributed by atoms with Gasteiger partial charge in [-0.25, -0.2) is 0 Å². The molecule has 6 heteroatoms. The Hall–Kier alpha value is -1.85. The van der Waals surface area contributed by atoms with Crippen LogP contribution in [0.1, 0.15) is 64.6 Å². The molecule has 1 aromatic heterocycles. The lowest BCUT2D eigenvalue weighted by atomic mass is 9.81. The Balaban J connectivity index is 0.00000169. The lowest BCUT2D eigenvalue weighted by Gasteiger charge is -2.30. The van der Waals surface area contributed by atoms with Gasteiger partial charge in [-0.05, 0) is 29.9 Å². The first kappa shape index (κ1) is 17.0. The van der Waals surface area contributed by atoms with E-state index in [2.05, 4.69) is 52.0 Å². The van der Waals surface area contributed by atoms with E-state index in [0.29, 0.717) is 18.2 Å². The average Bonchev–Trinajstić information content (AvgIpc) is 3.02. The minimum absolute atomic E-state index is 0. The number of nitrogens with zero attached hydrogens (tertiary/aromatic N) is 1. The zero-order chi connectivity index (χ0) is 15.8. The number of amides is 1. The molecule has 24 heavy (non-hydrogen) atoms. The van der Waals surface area contributed by atoms with Gasteiger partial charge in [-0.1, -0.05) is 31.2 Å². The zero-order valence-electron chi connectivity index (χ0n) is 13.8. The molecule has 5 nitrogen and oxygen atoms in total. The van der Waals surface area contributed by atoms with Gasteiger partial charge in [-0.2, -0.15) is 5.10 Å². The van der Waals surface area contributed by atoms with Crippen molar-refractivity contribution in [1.29, 1.82) is 0 Å². The number of fused-ring (bicyclic) bond motifs is 2. The first-order valence-electron chi connectivity index (χ1n) is 8.40. The fourth-order valence-corrected chi connectivity index (χ4v) is 3.79. The van der Waals surface area contributed by atoms with E-state index in [1.54, 1.807) is 0 Å². The molecule has 3 N–H and O–H groups in total. The lowest BCUT2D eigenvalue weighted by molar-refractivity contribution is 0.0925. The van der Waals surface area contributed by atoms with E-state index in [1.165, 1.54) is 11.1 Å². The van der Waals surface area contributed by atoms with Crippen LogP contribution in [0.4, 0.5) is 0 Å². The molecule has 2 aliphatic rings. The molecule has 1 aliphatic carbocycles. The standard InChI is InChI=1S/C18H22N4O.ClH/c1-11-6-7-15(13-5-3-2-4-12(11)13)20-18(23)17-14-10-19-9-8-16(14)21-22-17;/h2-5,11,15,19H,6-10H2,1H3,(H,20,23)(H,21,22);1H. The van der Waals surface area contributed by atoms with E-state index < -0.39 is 0 Å². The van der Waals surface area contributed by atoms with Crippen LogP contribution in [0.25, 0.3) is 0 Å². The van der Waals surface area contributed by atoms with Crippen molar-refractivity contribution < 1.29 is 4.79 Å². The van der Waals surface area contributed by atoms with Crippen molar-refractivity contribution in [2.75, 3.05) is 6.54 Å². The van der Waals surface area contributed by atoms with E-state index in [1.807, 2.05) is 0 Å². The summed E-state index contributed by atoms with van der Waals surface area (Å²) in [5, 5.41) is 13.8. The molecule has 2 aromatic rings. The number of halogens is 1. The minimum Gasteiger partial charge on any atom is -0.344 e. The Kier molecular flexibility index (Phi) is 4.92. The Bertz CT molecular complexity index is 742. The highest BCUT2D eigenvalue weighted by molar-refractivity contribution is 5.94. The molecule has 0 radical (unpaired) electrons. The molecular formula is C18H23ClN4O. The van der Waals surface area contributed by atoms with Gasteiger partial charge in [0.25, 0.3) is 5.91 Å². The van der Waals surface area contributed by atoms with Gasteiger partial charge >= 0.3 is 0 Å². The molecule has 0 bridgehead atoms. The maximum atomic E-state index is 12.7. The normalized spacial score (nSPS) is 22.0. The summed E-state index contributed by atoms with van der Waals surface area (Å²) in [4.78, 5) is 12.7. The number of hydrogen-bond donors (Lipinski definition) is 3. The van der Waals surface area contributed by atoms with E-state index in [0.717, 1.165) is 37.1 Å². The van der Waals surface area contributed by atoms with Crippen molar-refractivity contribution in [2.24, 2.45) is 0 Å². The van der Waals surface area contributed by atoms with E-state index in [4.69, 9.17) is 0 Å². The second-order valence-electron chi connectivity index (χ2n) is 6.59. The number of nitrogens with one attached hydrogen (secondary N) is 3. The van der Waals surface area contributed by atoms with Gasteiger partial charge in [0.1, 0.15) is 0 Å². The summed E-state index contributed by atoms with van der Waals surface area (Å²) in [5.41, 5.74) is 5.26. The van der Waals surface area contributed by atoms with Crippen LogP contribution in [0.5, 0.6) is 0 Å². The number of aromatic amines is 1. The van der Waals surface area contributed by atoms with Crippen molar-refractivity contribution in [1.82, 2.24) is 20.8 Å². The summed E-state index contributed by atoms with van der Waals surface area (Å²) < 4.78 is 0. The third-order valence-corrected chi connectivity index (χ3v) is 5.12. The number of H-pyrrole nitrogens is 1. The minimum atomic E-state index is -0.0689. The molecule has 128 valence electrons. The van der Waals surface area contributed by atoms with E-state index in [-0.39, 0.29) is 24.4 Å². The van der Waals surface area contributed by atoms with Crippen molar-refractivity contribution >= 4 is 18.3 Å². The quantitative estimate of drug-likeness (QED) is 0.783. The number of benzene rings is 1. The first-order chi connectivity index (χ1) is 11.2. The van der Waals surface area contributed by atoms with Crippen molar-refractivity contribution in [3.8, 4) is 0 Å². The molecule has 1 aromatic carbocycles. The summed E-state index contributed by atoms with van der Waals surface area (Å²) in [6.07, 6.45) is 2.98. The molecule has 1 aliphatic heterocycles. The van der Waals surface area contributed by atoms with Gasteiger partial charge in [0, 0.05) is 30.8 Å². The first-order valence-corrected chi connectivity index (χ1v) is 8.40. The number of aromatic nitrogens is 2. The smallest absolute Gasteiger partial charge is 0.272 e. The Labute approximate surface area is 148 Å². The van der Waals surface area contributed by atoms with Crippen LogP contribution < -0.4 is 10.6 Å². The van der Waals surface area contributed by atoms with Gasteiger partial charge in [-0.3, -0.25) is 9.89 Å². The highest BCUT2D eigenvalue weighted by Crippen LogP contribution is 2.37. The molecule has 2 unspecified atom stereocenters. The van der Waals surface area contributed by atoms with Crippen LogP contribution in [0.15, 0.2) is 24.3 Å². The molecule has 4 rings (SSSR count). The van der Waals surface area contributed by atoms with E-state index in [9.17, 15) is 4.79 Å². The van der Waals surface area contributed by atoms with Crippen LogP contribution >= 0.6 is 12.4 Å². The maximum absolute atomic E-state index is 12.7. The highest BCUT2D eigenvalue weighted by atomic mass is 35.5. The largest absolute Gasteiger partial charge is 0.344 e. The molecule has 0 fully saturated rings.